The molecule has 0 atom stereocenters. The molecule has 0 radical (unpaired) electrons. The highest BCUT2D eigenvalue weighted by molar-refractivity contribution is 5.61. The van der Waals surface area contributed by atoms with Gasteiger partial charge in [0.2, 0.25) is 0 Å². The van der Waals surface area contributed by atoms with Gasteiger partial charge < -0.3 is 10.3 Å². The molecule has 0 spiro atoms. The molecule has 3 heteroatoms. The van der Waals surface area contributed by atoms with Gasteiger partial charge in [0.1, 0.15) is 5.69 Å². The number of aryl methyl sites for hydroxylation is 1. The zero-order valence-corrected chi connectivity index (χ0v) is 8.95. The van der Waals surface area contributed by atoms with E-state index in [9.17, 15) is 0 Å². The van der Waals surface area contributed by atoms with Crippen molar-refractivity contribution in [1.82, 2.24) is 5.16 Å². The molecule has 0 unspecified atom stereocenters. The minimum absolute atomic E-state index is 0.418. The average molecular weight is 202 g/mol. The minimum atomic E-state index is 0.418. The lowest BCUT2D eigenvalue weighted by atomic mass is 10.1. The highest BCUT2D eigenvalue weighted by atomic mass is 16.5. The Bertz CT molecular complexity index is 457. The molecule has 2 aromatic rings. The Balaban J connectivity index is 2.45. The lowest BCUT2D eigenvalue weighted by molar-refractivity contribution is 0.423. The van der Waals surface area contributed by atoms with E-state index >= 15 is 0 Å². The van der Waals surface area contributed by atoms with E-state index in [1.165, 1.54) is 5.56 Å². The predicted octanol–water partition coefficient (Wildman–Crippen LogP) is 2.42. The molecule has 2 rings (SSSR count). The third kappa shape index (κ3) is 1.78. The van der Waals surface area contributed by atoms with Crippen LogP contribution in [-0.4, -0.2) is 5.16 Å². The van der Waals surface area contributed by atoms with Crippen molar-refractivity contribution >= 4 is 0 Å². The number of nitrogens with zero attached hydrogens (tertiary/aromatic N) is 1. The summed E-state index contributed by atoms with van der Waals surface area (Å²) < 4.78 is 5.28. The van der Waals surface area contributed by atoms with Gasteiger partial charge in [0, 0.05) is 17.7 Å². The molecule has 2 N–H and O–H groups in total. The molecule has 1 aromatic heterocycles. The van der Waals surface area contributed by atoms with E-state index in [-0.39, 0.29) is 0 Å². The van der Waals surface area contributed by atoms with Crippen LogP contribution in [-0.2, 0) is 6.54 Å². The van der Waals surface area contributed by atoms with Crippen LogP contribution in [0.15, 0.2) is 28.8 Å². The first-order valence-electron chi connectivity index (χ1n) is 4.94. The van der Waals surface area contributed by atoms with E-state index in [1.54, 1.807) is 0 Å². The molecule has 0 aliphatic carbocycles. The van der Waals surface area contributed by atoms with Crippen molar-refractivity contribution in [3.05, 3.63) is 41.1 Å². The topological polar surface area (TPSA) is 52.0 Å². The summed E-state index contributed by atoms with van der Waals surface area (Å²) in [4.78, 5) is 0. The van der Waals surface area contributed by atoms with Crippen LogP contribution in [0.25, 0.3) is 11.3 Å². The second-order valence-electron chi connectivity index (χ2n) is 3.65. The molecular weight excluding hydrogens is 188 g/mol. The zero-order chi connectivity index (χ0) is 10.8. The summed E-state index contributed by atoms with van der Waals surface area (Å²) in [6, 6.07) is 8.17. The van der Waals surface area contributed by atoms with E-state index in [1.807, 2.05) is 19.1 Å². The maximum absolute atomic E-state index is 5.54. The Hall–Kier alpha value is -1.61. The van der Waals surface area contributed by atoms with Gasteiger partial charge >= 0.3 is 0 Å². The molecular formula is C12H14N2O. The smallest absolute Gasteiger partial charge is 0.170 e. The third-order valence-electron chi connectivity index (χ3n) is 2.53. The maximum Gasteiger partial charge on any atom is 0.170 e. The number of hydrogen-bond acceptors (Lipinski definition) is 3. The summed E-state index contributed by atoms with van der Waals surface area (Å²) in [5.74, 6) is 0.815. The number of rotatable bonds is 2. The van der Waals surface area contributed by atoms with Crippen molar-refractivity contribution in [1.29, 1.82) is 0 Å². The number of hydrogen-bond donors (Lipinski definition) is 1. The fraction of sp³-hybridized carbons (Fsp3) is 0.250. The summed E-state index contributed by atoms with van der Waals surface area (Å²) >= 11 is 0. The van der Waals surface area contributed by atoms with Crippen molar-refractivity contribution in [3.8, 4) is 11.3 Å². The van der Waals surface area contributed by atoms with Crippen LogP contribution >= 0.6 is 0 Å². The first-order chi connectivity index (χ1) is 7.22. The van der Waals surface area contributed by atoms with E-state index in [0.29, 0.717) is 6.54 Å². The molecule has 15 heavy (non-hydrogen) atoms. The third-order valence-corrected chi connectivity index (χ3v) is 2.53. The van der Waals surface area contributed by atoms with Crippen LogP contribution in [0.3, 0.4) is 0 Å². The quantitative estimate of drug-likeness (QED) is 0.813. The van der Waals surface area contributed by atoms with Crippen LogP contribution in [0, 0.1) is 13.8 Å². The molecule has 3 nitrogen and oxygen atoms in total. The SMILES string of the molecule is Cc1ccc(-c2onc(CN)c2C)cc1. The highest BCUT2D eigenvalue weighted by Gasteiger charge is 2.11. The molecule has 1 aromatic carbocycles. The summed E-state index contributed by atoms with van der Waals surface area (Å²) in [5.41, 5.74) is 9.68. The molecule has 1 heterocycles. The van der Waals surface area contributed by atoms with Gasteiger partial charge in [-0.1, -0.05) is 35.0 Å². The second-order valence-corrected chi connectivity index (χ2v) is 3.65. The molecule has 0 aliphatic heterocycles. The van der Waals surface area contributed by atoms with Crippen LogP contribution in [0.4, 0.5) is 0 Å². The van der Waals surface area contributed by atoms with Gasteiger partial charge in [-0.3, -0.25) is 0 Å². The Kier molecular flexibility index (Phi) is 2.56. The van der Waals surface area contributed by atoms with Crippen molar-refractivity contribution in [3.63, 3.8) is 0 Å². The van der Waals surface area contributed by atoms with Crippen molar-refractivity contribution in [2.24, 2.45) is 5.73 Å². The van der Waals surface area contributed by atoms with Crippen molar-refractivity contribution < 1.29 is 4.52 Å². The molecule has 0 bridgehead atoms. The van der Waals surface area contributed by atoms with Crippen LogP contribution in [0.5, 0.6) is 0 Å². The largest absolute Gasteiger partial charge is 0.356 e. The standard InChI is InChI=1S/C12H14N2O/c1-8-3-5-10(6-4-8)12-9(2)11(7-13)14-15-12/h3-6H,7,13H2,1-2H3. The van der Waals surface area contributed by atoms with Gasteiger partial charge in [-0.2, -0.15) is 0 Å². The van der Waals surface area contributed by atoms with E-state index < -0.39 is 0 Å². The summed E-state index contributed by atoms with van der Waals surface area (Å²) in [5, 5.41) is 3.93. The van der Waals surface area contributed by atoms with Crippen LogP contribution in [0.2, 0.25) is 0 Å². The van der Waals surface area contributed by atoms with Gasteiger partial charge in [-0.05, 0) is 13.8 Å². The van der Waals surface area contributed by atoms with Gasteiger partial charge in [0.25, 0.3) is 0 Å². The molecule has 78 valence electrons. The van der Waals surface area contributed by atoms with Gasteiger partial charge in [-0.15, -0.1) is 0 Å². The first kappa shape index (κ1) is 9.93. The summed E-state index contributed by atoms with van der Waals surface area (Å²) in [7, 11) is 0. The lowest BCUT2D eigenvalue weighted by Gasteiger charge is -1.98. The first-order valence-corrected chi connectivity index (χ1v) is 4.94. The zero-order valence-electron chi connectivity index (χ0n) is 8.95. The van der Waals surface area contributed by atoms with Crippen molar-refractivity contribution in [2.75, 3.05) is 0 Å². The van der Waals surface area contributed by atoms with Crippen LogP contribution < -0.4 is 5.73 Å². The fourth-order valence-corrected chi connectivity index (χ4v) is 1.53. The minimum Gasteiger partial charge on any atom is -0.356 e. The summed E-state index contributed by atoms with van der Waals surface area (Å²) in [6.07, 6.45) is 0. The monoisotopic (exact) mass is 202 g/mol. The van der Waals surface area contributed by atoms with Gasteiger partial charge in [0.05, 0.1) is 0 Å². The normalized spacial score (nSPS) is 10.6. The van der Waals surface area contributed by atoms with Gasteiger partial charge in [0.15, 0.2) is 5.76 Å². The highest BCUT2D eigenvalue weighted by Crippen LogP contribution is 2.25. The number of nitrogens with two attached hydrogens (primary N) is 1. The summed E-state index contributed by atoms with van der Waals surface area (Å²) in [6.45, 7) is 4.46. The molecule has 0 saturated heterocycles. The second kappa shape index (κ2) is 3.87. The Morgan fingerprint density at radius 1 is 1.20 bits per heavy atom. The average Bonchev–Trinajstić information content (AvgIpc) is 2.61. The number of benzene rings is 1. The number of aromatic nitrogens is 1. The van der Waals surface area contributed by atoms with E-state index in [4.69, 9.17) is 10.3 Å². The van der Waals surface area contributed by atoms with E-state index in [0.717, 1.165) is 22.6 Å². The lowest BCUT2D eigenvalue weighted by Crippen LogP contribution is -1.97. The van der Waals surface area contributed by atoms with Crippen LogP contribution in [0.1, 0.15) is 16.8 Å². The molecule has 0 aliphatic rings. The molecule has 0 saturated carbocycles. The Morgan fingerprint density at radius 2 is 1.87 bits per heavy atom. The van der Waals surface area contributed by atoms with Crippen molar-refractivity contribution in [2.45, 2.75) is 20.4 Å². The fourth-order valence-electron chi connectivity index (χ4n) is 1.53. The predicted molar refractivity (Wildman–Crippen MR) is 59.3 cm³/mol. The Morgan fingerprint density at radius 3 is 2.40 bits per heavy atom. The molecule has 0 fully saturated rings. The Labute approximate surface area is 88.9 Å². The van der Waals surface area contributed by atoms with Gasteiger partial charge in [-0.25, -0.2) is 0 Å². The maximum atomic E-state index is 5.54. The molecule has 0 amide bonds. The van der Waals surface area contributed by atoms with E-state index in [2.05, 4.69) is 24.2 Å².